The van der Waals surface area contributed by atoms with Crippen LogP contribution in [0.15, 0.2) is 10.5 Å². The largest absolute Gasteiger partial charge is 0.496 e. The summed E-state index contributed by atoms with van der Waals surface area (Å²) in [6, 6.07) is 1.40. The van der Waals surface area contributed by atoms with E-state index in [9.17, 15) is 9.18 Å². The molecule has 0 saturated heterocycles. The second-order valence-corrected chi connectivity index (χ2v) is 3.39. The van der Waals surface area contributed by atoms with Crippen LogP contribution in [-0.4, -0.2) is 13.4 Å². The molecule has 1 rings (SSSR count). The van der Waals surface area contributed by atoms with Crippen molar-refractivity contribution in [2.75, 3.05) is 7.11 Å². The Labute approximate surface area is 83.8 Å². The van der Waals surface area contributed by atoms with E-state index in [1.54, 1.807) is 6.92 Å². The molecule has 13 heavy (non-hydrogen) atoms. The molecule has 0 fully saturated rings. The lowest BCUT2D eigenvalue weighted by Crippen LogP contribution is -1.97. The van der Waals surface area contributed by atoms with Gasteiger partial charge in [-0.2, -0.15) is 0 Å². The lowest BCUT2D eigenvalue weighted by molar-refractivity contribution is 0.112. The van der Waals surface area contributed by atoms with Gasteiger partial charge in [0.1, 0.15) is 11.6 Å². The first-order valence-corrected chi connectivity index (χ1v) is 4.39. The minimum Gasteiger partial charge on any atom is -0.496 e. The van der Waals surface area contributed by atoms with Crippen LogP contribution in [0.2, 0.25) is 0 Å². The molecular weight excluding hydrogens is 239 g/mol. The van der Waals surface area contributed by atoms with Gasteiger partial charge in [-0.3, -0.25) is 4.79 Å². The van der Waals surface area contributed by atoms with Crippen LogP contribution >= 0.6 is 15.9 Å². The summed E-state index contributed by atoms with van der Waals surface area (Å²) in [5.41, 5.74) is 0.673. The third-order valence-corrected chi connectivity index (χ3v) is 2.33. The lowest BCUT2D eigenvalue weighted by atomic mass is 10.1. The number of halogens is 2. The minimum absolute atomic E-state index is 0.271. The van der Waals surface area contributed by atoms with Gasteiger partial charge >= 0.3 is 0 Å². The van der Waals surface area contributed by atoms with Gasteiger partial charge < -0.3 is 4.74 Å². The average molecular weight is 247 g/mol. The van der Waals surface area contributed by atoms with Crippen LogP contribution in [0.4, 0.5) is 4.39 Å². The number of benzene rings is 1. The van der Waals surface area contributed by atoms with Gasteiger partial charge in [0.25, 0.3) is 0 Å². The Morgan fingerprint density at radius 3 is 2.69 bits per heavy atom. The van der Waals surface area contributed by atoms with Crippen molar-refractivity contribution in [2.24, 2.45) is 0 Å². The van der Waals surface area contributed by atoms with E-state index in [1.807, 2.05) is 0 Å². The van der Waals surface area contributed by atoms with Gasteiger partial charge in [0, 0.05) is 5.56 Å². The summed E-state index contributed by atoms with van der Waals surface area (Å²) in [6.07, 6.45) is 0.635. The molecule has 0 aliphatic rings. The number of carbonyl (C=O) groups is 1. The van der Waals surface area contributed by atoms with Crippen molar-refractivity contribution in [2.45, 2.75) is 6.92 Å². The fraction of sp³-hybridized carbons (Fsp3) is 0.222. The number of aldehydes is 1. The van der Waals surface area contributed by atoms with Gasteiger partial charge in [-0.15, -0.1) is 0 Å². The summed E-state index contributed by atoms with van der Waals surface area (Å²) in [7, 11) is 1.41. The molecule has 1 aromatic rings. The first-order chi connectivity index (χ1) is 6.11. The Balaban J connectivity index is 3.47. The Morgan fingerprint density at radius 2 is 2.23 bits per heavy atom. The van der Waals surface area contributed by atoms with Crippen LogP contribution in [0, 0.1) is 12.7 Å². The molecule has 0 heterocycles. The molecule has 0 atom stereocenters. The number of methoxy groups -OCH3 is 1. The van der Waals surface area contributed by atoms with Crippen LogP contribution in [-0.2, 0) is 0 Å². The van der Waals surface area contributed by atoms with E-state index < -0.39 is 5.82 Å². The molecule has 0 aliphatic carbocycles. The van der Waals surface area contributed by atoms with Gasteiger partial charge in [-0.05, 0) is 28.9 Å². The Morgan fingerprint density at radius 1 is 1.62 bits per heavy atom. The van der Waals surface area contributed by atoms with Gasteiger partial charge in [-0.1, -0.05) is 0 Å². The van der Waals surface area contributed by atoms with E-state index in [-0.39, 0.29) is 10.2 Å². The highest BCUT2D eigenvalue weighted by Gasteiger charge is 2.13. The molecule has 2 nitrogen and oxygen atoms in total. The van der Waals surface area contributed by atoms with E-state index in [1.165, 1.54) is 13.2 Å². The third kappa shape index (κ3) is 1.72. The van der Waals surface area contributed by atoms with Crippen LogP contribution in [0.25, 0.3) is 0 Å². The van der Waals surface area contributed by atoms with Crippen LogP contribution < -0.4 is 4.74 Å². The highest BCUT2D eigenvalue weighted by molar-refractivity contribution is 9.10. The second kappa shape index (κ2) is 3.87. The zero-order valence-electron chi connectivity index (χ0n) is 7.23. The maximum Gasteiger partial charge on any atom is 0.153 e. The fourth-order valence-corrected chi connectivity index (χ4v) is 1.66. The average Bonchev–Trinajstić information content (AvgIpc) is 2.13. The lowest BCUT2D eigenvalue weighted by Gasteiger charge is -2.09. The highest BCUT2D eigenvalue weighted by atomic mass is 79.9. The predicted octanol–water partition coefficient (Wildman–Crippen LogP) is 2.72. The molecule has 0 saturated carbocycles. The topological polar surface area (TPSA) is 26.3 Å². The van der Waals surface area contributed by atoms with Crippen molar-refractivity contribution in [3.05, 3.63) is 27.5 Å². The normalized spacial score (nSPS) is 9.85. The molecule has 0 radical (unpaired) electrons. The summed E-state index contributed by atoms with van der Waals surface area (Å²) >= 11 is 3.01. The van der Waals surface area contributed by atoms with Crippen molar-refractivity contribution in [1.29, 1.82) is 0 Å². The van der Waals surface area contributed by atoms with Crippen molar-refractivity contribution < 1.29 is 13.9 Å². The fourth-order valence-electron chi connectivity index (χ4n) is 1.12. The van der Waals surface area contributed by atoms with Crippen LogP contribution in [0.1, 0.15) is 15.9 Å². The number of hydrogen-bond donors (Lipinski definition) is 0. The maximum absolute atomic E-state index is 13.3. The van der Waals surface area contributed by atoms with Gasteiger partial charge in [0.2, 0.25) is 0 Å². The molecule has 0 aromatic heterocycles. The maximum atomic E-state index is 13.3. The van der Waals surface area contributed by atoms with Crippen LogP contribution in [0.5, 0.6) is 5.75 Å². The summed E-state index contributed by atoms with van der Waals surface area (Å²) < 4.78 is 18.4. The quantitative estimate of drug-likeness (QED) is 0.751. The minimum atomic E-state index is -0.401. The summed E-state index contributed by atoms with van der Waals surface area (Å²) in [4.78, 5) is 10.6. The molecule has 0 spiro atoms. The molecule has 0 bridgehead atoms. The zero-order chi connectivity index (χ0) is 10.0. The van der Waals surface area contributed by atoms with Crippen molar-refractivity contribution in [3.63, 3.8) is 0 Å². The second-order valence-electron chi connectivity index (χ2n) is 2.54. The summed E-state index contributed by atoms with van der Waals surface area (Å²) in [5.74, 6) is -0.113. The first kappa shape index (κ1) is 10.2. The van der Waals surface area contributed by atoms with Crippen molar-refractivity contribution >= 4 is 22.2 Å². The van der Waals surface area contributed by atoms with Gasteiger partial charge in [0.15, 0.2) is 6.29 Å². The number of rotatable bonds is 2. The summed E-state index contributed by atoms with van der Waals surface area (Å²) in [6.45, 7) is 1.56. The molecule has 0 unspecified atom stereocenters. The van der Waals surface area contributed by atoms with E-state index in [4.69, 9.17) is 4.74 Å². The van der Waals surface area contributed by atoms with E-state index >= 15 is 0 Å². The van der Waals surface area contributed by atoms with Crippen molar-refractivity contribution in [1.82, 2.24) is 0 Å². The van der Waals surface area contributed by atoms with Gasteiger partial charge in [-0.25, -0.2) is 4.39 Å². The highest BCUT2D eigenvalue weighted by Crippen LogP contribution is 2.30. The SMILES string of the molecule is COc1c(C=O)cc(Br)c(F)c1C. The molecule has 70 valence electrons. The smallest absolute Gasteiger partial charge is 0.153 e. The Kier molecular flexibility index (Phi) is 3.03. The zero-order valence-corrected chi connectivity index (χ0v) is 8.81. The van der Waals surface area contributed by atoms with E-state index in [0.29, 0.717) is 17.4 Å². The standard InChI is InChI=1S/C9H8BrFO2/c1-5-8(11)7(10)3-6(4-12)9(5)13-2/h3-4H,1-2H3. The van der Waals surface area contributed by atoms with Crippen molar-refractivity contribution in [3.8, 4) is 5.75 Å². The number of ether oxygens (including phenoxy) is 1. The molecule has 0 amide bonds. The number of hydrogen-bond acceptors (Lipinski definition) is 2. The Bertz CT molecular complexity index is 350. The van der Waals surface area contributed by atoms with Gasteiger partial charge in [0.05, 0.1) is 17.1 Å². The third-order valence-electron chi connectivity index (χ3n) is 1.76. The molecule has 4 heteroatoms. The van der Waals surface area contributed by atoms with E-state index in [2.05, 4.69) is 15.9 Å². The van der Waals surface area contributed by atoms with E-state index in [0.717, 1.165) is 0 Å². The Hall–Kier alpha value is -0.900. The predicted molar refractivity (Wildman–Crippen MR) is 50.8 cm³/mol. The summed E-state index contributed by atoms with van der Waals surface area (Å²) in [5, 5.41) is 0. The molecule has 0 N–H and O–H groups in total. The first-order valence-electron chi connectivity index (χ1n) is 3.59. The monoisotopic (exact) mass is 246 g/mol. The number of carbonyl (C=O) groups excluding carboxylic acids is 1. The van der Waals surface area contributed by atoms with Crippen LogP contribution in [0.3, 0.4) is 0 Å². The molecular formula is C9H8BrFO2. The molecule has 0 aliphatic heterocycles. The molecule has 1 aromatic carbocycles.